The topological polar surface area (TPSA) is 74.4 Å². The number of hydrogen-bond acceptors (Lipinski definition) is 6. The second-order valence-corrected chi connectivity index (χ2v) is 10.2. The third-order valence-electron chi connectivity index (χ3n) is 7.58. The van der Waals surface area contributed by atoms with Gasteiger partial charge in [0.2, 0.25) is 11.8 Å². The third kappa shape index (κ3) is 5.66. The fourth-order valence-electron chi connectivity index (χ4n) is 5.59. The molecular weight excluding hydrogens is 432 g/mol. The van der Waals surface area contributed by atoms with Gasteiger partial charge >= 0.3 is 0 Å². The van der Waals surface area contributed by atoms with Crippen molar-refractivity contribution in [2.24, 2.45) is 0 Å². The van der Waals surface area contributed by atoms with Crippen LogP contribution in [0, 0.1) is 0 Å². The summed E-state index contributed by atoms with van der Waals surface area (Å²) in [5.41, 5.74) is 0.738. The van der Waals surface area contributed by atoms with Crippen molar-refractivity contribution in [3.8, 4) is 11.5 Å². The van der Waals surface area contributed by atoms with Crippen LogP contribution < -0.4 is 14.8 Å². The van der Waals surface area contributed by atoms with E-state index in [1.54, 1.807) is 0 Å². The monoisotopic (exact) mass is 470 g/mol. The number of fused-ring (bicyclic) bond motifs is 1. The Morgan fingerprint density at radius 1 is 0.765 bits per heavy atom. The molecule has 1 aromatic rings. The first-order valence-electron chi connectivity index (χ1n) is 13.1. The summed E-state index contributed by atoms with van der Waals surface area (Å²) in [4.78, 5) is 31.7. The molecule has 186 valence electrons. The molecule has 8 nitrogen and oxygen atoms in total. The Balaban J connectivity index is 1.05. The first kappa shape index (κ1) is 23.4. The van der Waals surface area contributed by atoms with Gasteiger partial charge < -0.3 is 19.7 Å². The van der Waals surface area contributed by atoms with Crippen molar-refractivity contribution in [3.63, 3.8) is 0 Å². The van der Waals surface area contributed by atoms with Crippen LogP contribution in [0.1, 0.15) is 57.8 Å². The van der Waals surface area contributed by atoms with E-state index in [2.05, 4.69) is 15.1 Å². The number of nitrogens with zero attached hydrogens (tertiary/aromatic N) is 3. The smallest absolute Gasteiger partial charge is 0.251 e. The van der Waals surface area contributed by atoms with E-state index >= 15 is 0 Å². The number of ether oxygens (including phenoxy) is 2. The standard InChI is InChI=1S/C26H38N4O4/c31-24(27-21-8-9-22-23(18-21)34-26(33-22)10-4-3-5-11-26)19-28-14-16-29(17-15-28)20-25(32)30-12-6-1-2-7-13-30/h8-9,18H,1-7,10-17,19-20H2,(H,27,31). The predicted octanol–water partition coefficient (Wildman–Crippen LogP) is 3.08. The number of rotatable bonds is 5. The number of anilines is 1. The minimum absolute atomic E-state index is 0.0275. The first-order chi connectivity index (χ1) is 16.6. The molecular formula is C26H38N4O4. The van der Waals surface area contributed by atoms with Crippen LogP contribution in [0.3, 0.4) is 0 Å². The van der Waals surface area contributed by atoms with Crippen molar-refractivity contribution in [1.82, 2.24) is 14.7 Å². The summed E-state index contributed by atoms with van der Waals surface area (Å²) in [6, 6.07) is 5.66. The molecule has 1 N–H and O–H groups in total. The van der Waals surface area contributed by atoms with E-state index in [1.165, 1.54) is 19.3 Å². The molecule has 2 saturated heterocycles. The van der Waals surface area contributed by atoms with Crippen molar-refractivity contribution in [2.75, 3.05) is 57.7 Å². The normalized spacial score (nSPS) is 23.0. The van der Waals surface area contributed by atoms with E-state index in [4.69, 9.17) is 9.47 Å². The Morgan fingerprint density at radius 3 is 2.09 bits per heavy atom. The highest BCUT2D eigenvalue weighted by Gasteiger charge is 2.42. The van der Waals surface area contributed by atoms with Crippen molar-refractivity contribution in [1.29, 1.82) is 0 Å². The average Bonchev–Trinajstić information content (AvgIpc) is 2.99. The fraction of sp³-hybridized carbons (Fsp3) is 0.692. The Labute approximate surface area is 202 Å². The van der Waals surface area contributed by atoms with Gasteiger partial charge in [-0.3, -0.25) is 19.4 Å². The van der Waals surface area contributed by atoms with E-state index in [0.29, 0.717) is 13.1 Å². The zero-order valence-electron chi connectivity index (χ0n) is 20.2. The molecule has 3 aliphatic heterocycles. The quantitative estimate of drug-likeness (QED) is 0.713. The van der Waals surface area contributed by atoms with E-state index in [0.717, 1.165) is 95.0 Å². The highest BCUT2D eigenvalue weighted by atomic mass is 16.7. The van der Waals surface area contributed by atoms with Gasteiger partial charge in [0, 0.05) is 63.9 Å². The van der Waals surface area contributed by atoms with E-state index in [9.17, 15) is 9.59 Å². The third-order valence-corrected chi connectivity index (χ3v) is 7.58. The van der Waals surface area contributed by atoms with Gasteiger partial charge in [0.25, 0.3) is 5.79 Å². The Morgan fingerprint density at radius 2 is 1.38 bits per heavy atom. The van der Waals surface area contributed by atoms with Gasteiger partial charge in [0.15, 0.2) is 11.5 Å². The Bertz CT molecular complexity index is 870. The SMILES string of the molecule is O=C(CN1CCN(CC(=O)N2CCCCCC2)CC1)Nc1ccc2c(c1)OC1(CCCCC1)O2. The van der Waals surface area contributed by atoms with E-state index in [1.807, 2.05) is 23.1 Å². The van der Waals surface area contributed by atoms with E-state index in [-0.39, 0.29) is 11.8 Å². The number of benzene rings is 1. The number of hydrogen-bond donors (Lipinski definition) is 1. The summed E-state index contributed by atoms with van der Waals surface area (Å²) in [6.45, 7) is 5.89. The van der Waals surface area contributed by atoms with Crippen LogP contribution in [0.2, 0.25) is 0 Å². The Kier molecular flexibility index (Phi) is 7.25. The second kappa shape index (κ2) is 10.5. The molecule has 3 heterocycles. The van der Waals surface area contributed by atoms with Crippen molar-refractivity contribution < 1.29 is 19.1 Å². The van der Waals surface area contributed by atoms with Gasteiger partial charge in [0.1, 0.15) is 0 Å². The molecule has 0 atom stereocenters. The van der Waals surface area contributed by atoms with E-state index < -0.39 is 5.79 Å². The number of nitrogens with one attached hydrogen (secondary N) is 1. The molecule has 0 radical (unpaired) electrons. The molecule has 0 unspecified atom stereocenters. The maximum absolute atomic E-state index is 12.7. The first-order valence-corrected chi connectivity index (χ1v) is 13.1. The number of likely N-dealkylation sites (tertiary alicyclic amines) is 1. The molecule has 3 fully saturated rings. The fourth-order valence-corrected chi connectivity index (χ4v) is 5.59. The van der Waals surface area contributed by atoms with Crippen LogP contribution in [0.15, 0.2) is 18.2 Å². The lowest BCUT2D eigenvalue weighted by Crippen LogP contribution is -2.51. The van der Waals surface area contributed by atoms with Crippen molar-refractivity contribution in [3.05, 3.63) is 18.2 Å². The molecule has 2 amide bonds. The predicted molar refractivity (Wildman–Crippen MR) is 130 cm³/mol. The summed E-state index contributed by atoms with van der Waals surface area (Å²) in [6.07, 6.45) is 10.0. The van der Waals surface area contributed by atoms with Gasteiger partial charge in [-0.15, -0.1) is 0 Å². The van der Waals surface area contributed by atoms with Gasteiger partial charge in [-0.2, -0.15) is 0 Å². The van der Waals surface area contributed by atoms with Crippen LogP contribution in [0.4, 0.5) is 5.69 Å². The van der Waals surface area contributed by atoms with Crippen LogP contribution in [-0.2, 0) is 9.59 Å². The lowest BCUT2D eigenvalue weighted by atomic mass is 9.94. The number of amides is 2. The van der Waals surface area contributed by atoms with Gasteiger partial charge in [-0.05, 0) is 37.8 Å². The zero-order valence-corrected chi connectivity index (χ0v) is 20.2. The number of piperazine rings is 1. The van der Waals surface area contributed by atoms with Gasteiger partial charge in [-0.25, -0.2) is 0 Å². The van der Waals surface area contributed by atoms with Crippen LogP contribution in [-0.4, -0.2) is 84.7 Å². The molecule has 0 bridgehead atoms. The molecule has 1 saturated carbocycles. The second-order valence-electron chi connectivity index (χ2n) is 10.2. The summed E-state index contributed by atoms with van der Waals surface area (Å²) < 4.78 is 12.3. The number of carbonyl (C=O) groups is 2. The molecule has 1 aromatic carbocycles. The van der Waals surface area contributed by atoms with Crippen LogP contribution in [0.5, 0.6) is 11.5 Å². The summed E-state index contributed by atoms with van der Waals surface area (Å²) >= 11 is 0. The molecule has 1 aliphatic carbocycles. The van der Waals surface area contributed by atoms with Gasteiger partial charge in [0.05, 0.1) is 13.1 Å². The Hall–Kier alpha value is -2.32. The summed E-state index contributed by atoms with van der Waals surface area (Å²) in [7, 11) is 0. The molecule has 8 heteroatoms. The molecule has 1 spiro atoms. The average molecular weight is 471 g/mol. The maximum Gasteiger partial charge on any atom is 0.251 e. The lowest BCUT2D eigenvalue weighted by Gasteiger charge is -2.35. The molecule has 5 rings (SSSR count). The highest BCUT2D eigenvalue weighted by molar-refractivity contribution is 5.92. The maximum atomic E-state index is 12.7. The largest absolute Gasteiger partial charge is 0.448 e. The lowest BCUT2D eigenvalue weighted by molar-refractivity contribution is -0.133. The molecule has 4 aliphatic rings. The van der Waals surface area contributed by atoms with Crippen molar-refractivity contribution >= 4 is 17.5 Å². The van der Waals surface area contributed by atoms with Crippen LogP contribution in [0.25, 0.3) is 0 Å². The summed E-state index contributed by atoms with van der Waals surface area (Å²) in [5.74, 6) is 1.22. The summed E-state index contributed by atoms with van der Waals surface area (Å²) in [5, 5.41) is 3.01. The number of carbonyl (C=O) groups excluding carboxylic acids is 2. The van der Waals surface area contributed by atoms with Crippen molar-refractivity contribution in [2.45, 2.75) is 63.6 Å². The molecule has 0 aromatic heterocycles. The highest BCUT2D eigenvalue weighted by Crippen LogP contribution is 2.46. The minimum Gasteiger partial charge on any atom is -0.448 e. The minimum atomic E-state index is -0.502. The molecule has 34 heavy (non-hydrogen) atoms. The van der Waals surface area contributed by atoms with Gasteiger partial charge in [-0.1, -0.05) is 19.3 Å². The zero-order chi connectivity index (χ0) is 23.4. The van der Waals surface area contributed by atoms with Crippen LogP contribution >= 0.6 is 0 Å².